The van der Waals surface area contributed by atoms with Gasteiger partial charge in [0.1, 0.15) is 0 Å². The van der Waals surface area contributed by atoms with Crippen LogP contribution in [0.5, 0.6) is 0 Å². The molecule has 3 nitrogen and oxygen atoms in total. The van der Waals surface area contributed by atoms with E-state index in [9.17, 15) is 4.79 Å². The maximum atomic E-state index is 11.5. The van der Waals surface area contributed by atoms with Gasteiger partial charge in [0.15, 0.2) is 11.6 Å². The molecule has 1 saturated heterocycles. The monoisotopic (exact) mass is 206 g/mol. The highest BCUT2D eigenvalue weighted by Gasteiger charge is 2.50. The lowest BCUT2D eigenvalue weighted by Crippen LogP contribution is -2.31. The van der Waals surface area contributed by atoms with Gasteiger partial charge in [-0.05, 0) is 17.6 Å². The molecule has 0 aromatic heterocycles. The molecule has 1 spiro atoms. The number of ether oxygens (including phenoxy) is 2. The zero-order valence-electron chi connectivity index (χ0n) is 8.62. The summed E-state index contributed by atoms with van der Waals surface area (Å²) in [6, 6.07) is 0. The summed E-state index contributed by atoms with van der Waals surface area (Å²) in [4.78, 5) is 11.5. The van der Waals surface area contributed by atoms with Crippen molar-refractivity contribution in [3.05, 3.63) is 23.8 Å². The average molecular weight is 206 g/mol. The number of Topliss-reactive ketones (excluding diaryl/α,β-unsaturated/α-hetero) is 1. The highest BCUT2D eigenvalue weighted by atomic mass is 16.7. The predicted octanol–water partition coefficient (Wildman–Crippen LogP) is 1.59. The maximum Gasteiger partial charge on any atom is 0.191 e. The van der Waals surface area contributed by atoms with Crippen molar-refractivity contribution in [3.63, 3.8) is 0 Å². The van der Waals surface area contributed by atoms with Gasteiger partial charge >= 0.3 is 0 Å². The minimum absolute atomic E-state index is 0.166. The molecule has 1 unspecified atom stereocenters. The first kappa shape index (κ1) is 9.31. The third-order valence-corrected chi connectivity index (χ3v) is 3.62. The van der Waals surface area contributed by atoms with E-state index in [1.54, 1.807) is 0 Å². The maximum absolute atomic E-state index is 11.5. The van der Waals surface area contributed by atoms with E-state index < -0.39 is 5.79 Å². The molecule has 1 aliphatic heterocycles. The molecule has 3 aliphatic rings. The Morgan fingerprint density at radius 2 is 2.13 bits per heavy atom. The first-order valence-corrected chi connectivity index (χ1v) is 5.43. The Morgan fingerprint density at radius 3 is 2.87 bits per heavy atom. The van der Waals surface area contributed by atoms with Crippen molar-refractivity contribution in [2.45, 2.75) is 25.0 Å². The molecule has 80 valence electrons. The zero-order chi connectivity index (χ0) is 10.5. The molecule has 0 bridgehead atoms. The molecule has 3 rings (SSSR count). The second kappa shape index (κ2) is 3.03. The number of allylic oxidation sites excluding steroid dienone is 2. The van der Waals surface area contributed by atoms with Crippen LogP contribution in [0.2, 0.25) is 0 Å². The van der Waals surface area contributed by atoms with Crippen molar-refractivity contribution >= 4 is 5.78 Å². The average Bonchev–Trinajstić information content (AvgIpc) is 2.83. The fourth-order valence-corrected chi connectivity index (χ4v) is 2.85. The summed E-state index contributed by atoms with van der Waals surface area (Å²) in [5, 5.41) is 0. The lowest BCUT2D eigenvalue weighted by Gasteiger charge is -2.28. The number of fused-ring (bicyclic) bond motifs is 2. The molecule has 1 heterocycles. The smallest absolute Gasteiger partial charge is 0.191 e. The van der Waals surface area contributed by atoms with E-state index in [0.29, 0.717) is 19.6 Å². The third kappa shape index (κ3) is 1.17. The van der Waals surface area contributed by atoms with Crippen LogP contribution < -0.4 is 0 Å². The van der Waals surface area contributed by atoms with Gasteiger partial charge in [-0.15, -0.1) is 0 Å². The second-order valence-electron chi connectivity index (χ2n) is 4.35. The molecular formula is C12H14O3. The minimum Gasteiger partial charge on any atom is -0.344 e. The second-order valence-corrected chi connectivity index (χ2v) is 4.35. The van der Waals surface area contributed by atoms with Crippen LogP contribution in [0.1, 0.15) is 19.3 Å². The van der Waals surface area contributed by atoms with E-state index in [2.05, 4.69) is 6.58 Å². The molecule has 1 saturated carbocycles. The Kier molecular flexibility index (Phi) is 1.88. The van der Waals surface area contributed by atoms with Crippen LogP contribution in [0.4, 0.5) is 0 Å². The Labute approximate surface area is 88.7 Å². The van der Waals surface area contributed by atoms with Gasteiger partial charge in [0.05, 0.1) is 13.2 Å². The van der Waals surface area contributed by atoms with Crippen LogP contribution in [0, 0.1) is 5.92 Å². The summed E-state index contributed by atoms with van der Waals surface area (Å²) in [7, 11) is 0. The van der Waals surface area contributed by atoms with Crippen molar-refractivity contribution in [2.75, 3.05) is 13.2 Å². The van der Waals surface area contributed by atoms with E-state index in [1.807, 2.05) is 6.08 Å². The summed E-state index contributed by atoms with van der Waals surface area (Å²) < 4.78 is 11.4. The van der Waals surface area contributed by atoms with Gasteiger partial charge in [0.25, 0.3) is 0 Å². The fraction of sp³-hybridized carbons (Fsp3) is 0.583. The van der Waals surface area contributed by atoms with Crippen LogP contribution in [0.3, 0.4) is 0 Å². The molecule has 15 heavy (non-hydrogen) atoms. The SMILES string of the molecule is C=C1C(=O)CC=C2C1CCC21OCCO1. The standard InChI is InChI=1S/C12H14O3/c1-8-9-4-5-12(14-6-7-15-12)10(9)2-3-11(8)13/h2,9H,1,3-7H2. The summed E-state index contributed by atoms with van der Waals surface area (Å²) in [6.07, 6.45) is 4.23. The van der Waals surface area contributed by atoms with Gasteiger partial charge in [0, 0.05) is 18.8 Å². The predicted molar refractivity (Wildman–Crippen MR) is 54.2 cm³/mol. The summed E-state index contributed by atoms with van der Waals surface area (Å²) in [5.41, 5.74) is 1.88. The number of ketones is 1. The zero-order valence-corrected chi connectivity index (χ0v) is 8.62. The van der Waals surface area contributed by atoms with Crippen LogP contribution >= 0.6 is 0 Å². The Bertz CT molecular complexity index is 361. The first-order chi connectivity index (χ1) is 7.23. The minimum atomic E-state index is -0.506. The van der Waals surface area contributed by atoms with Crippen molar-refractivity contribution in [2.24, 2.45) is 5.92 Å². The van der Waals surface area contributed by atoms with Crippen molar-refractivity contribution in [3.8, 4) is 0 Å². The van der Waals surface area contributed by atoms with Gasteiger partial charge in [-0.3, -0.25) is 4.79 Å². The van der Waals surface area contributed by atoms with Gasteiger partial charge in [0.2, 0.25) is 0 Å². The molecule has 0 aromatic rings. The van der Waals surface area contributed by atoms with Gasteiger partial charge in [-0.2, -0.15) is 0 Å². The fourth-order valence-electron chi connectivity index (χ4n) is 2.85. The van der Waals surface area contributed by atoms with E-state index in [4.69, 9.17) is 9.47 Å². The van der Waals surface area contributed by atoms with Crippen LogP contribution in [0.15, 0.2) is 23.8 Å². The summed E-state index contributed by atoms with van der Waals surface area (Å²) in [5.74, 6) is -0.169. The molecule has 3 heteroatoms. The highest BCUT2D eigenvalue weighted by Crippen LogP contribution is 2.49. The van der Waals surface area contributed by atoms with E-state index in [0.717, 1.165) is 24.0 Å². The van der Waals surface area contributed by atoms with E-state index >= 15 is 0 Å². The molecule has 0 aromatic carbocycles. The lowest BCUT2D eigenvalue weighted by atomic mass is 9.84. The molecule has 1 atom stereocenters. The normalized spacial score (nSPS) is 33.3. The van der Waals surface area contributed by atoms with Crippen molar-refractivity contribution < 1.29 is 14.3 Å². The quantitative estimate of drug-likeness (QED) is 0.446. The third-order valence-electron chi connectivity index (χ3n) is 3.62. The number of carbonyl (C=O) groups is 1. The Hall–Kier alpha value is -0.930. The molecule has 0 radical (unpaired) electrons. The lowest BCUT2D eigenvalue weighted by molar-refractivity contribution is -0.122. The van der Waals surface area contributed by atoms with Gasteiger partial charge in [-0.25, -0.2) is 0 Å². The van der Waals surface area contributed by atoms with Gasteiger partial charge < -0.3 is 9.47 Å². The van der Waals surface area contributed by atoms with E-state index in [1.165, 1.54) is 0 Å². The van der Waals surface area contributed by atoms with Crippen molar-refractivity contribution in [1.82, 2.24) is 0 Å². The summed E-state index contributed by atoms with van der Waals surface area (Å²) >= 11 is 0. The molecule has 0 amide bonds. The molecule has 2 fully saturated rings. The van der Waals surface area contributed by atoms with E-state index in [-0.39, 0.29) is 11.7 Å². The largest absolute Gasteiger partial charge is 0.344 e. The van der Waals surface area contributed by atoms with Crippen molar-refractivity contribution in [1.29, 1.82) is 0 Å². The van der Waals surface area contributed by atoms with Gasteiger partial charge in [-0.1, -0.05) is 12.7 Å². The molecule has 2 aliphatic carbocycles. The molecule has 0 N–H and O–H groups in total. The number of hydrogen-bond donors (Lipinski definition) is 0. The summed E-state index contributed by atoms with van der Waals surface area (Å²) in [6.45, 7) is 5.21. The van der Waals surface area contributed by atoms with Crippen LogP contribution in [-0.4, -0.2) is 24.8 Å². The Balaban J connectivity index is 1.99. The Morgan fingerprint density at radius 1 is 1.40 bits per heavy atom. The topological polar surface area (TPSA) is 35.5 Å². The number of hydrogen-bond acceptors (Lipinski definition) is 3. The number of carbonyl (C=O) groups excluding carboxylic acids is 1. The van der Waals surface area contributed by atoms with Crippen LogP contribution in [-0.2, 0) is 14.3 Å². The first-order valence-electron chi connectivity index (χ1n) is 5.43. The highest BCUT2D eigenvalue weighted by molar-refractivity contribution is 5.98. The van der Waals surface area contributed by atoms with Crippen LogP contribution in [0.25, 0.3) is 0 Å². The number of rotatable bonds is 0. The molecular weight excluding hydrogens is 192 g/mol.